The van der Waals surface area contributed by atoms with Crippen LogP contribution < -0.4 is 5.32 Å². The van der Waals surface area contributed by atoms with Crippen LogP contribution in [-0.4, -0.2) is 45.9 Å². The number of piperidine rings is 1. The van der Waals surface area contributed by atoms with Gasteiger partial charge in [0.25, 0.3) is 5.91 Å². The van der Waals surface area contributed by atoms with Gasteiger partial charge in [0.05, 0.1) is 11.7 Å². The number of carbonyl (C=O) groups is 1. The van der Waals surface area contributed by atoms with Crippen molar-refractivity contribution >= 4 is 5.91 Å². The van der Waals surface area contributed by atoms with Crippen LogP contribution in [0.4, 0.5) is 0 Å². The van der Waals surface area contributed by atoms with Gasteiger partial charge in [-0.15, -0.1) is 0 Å². The van der Waals surface area contributed by atoms with Crippen LogP contribution >= 0.6 is 0 Å². The molecule has 2 aromatic rings. The van der Waals surface area contributed by atoms with Gasteiger partial charge in [0.15, 0.2) is 0 Å². The van der Waals surface area contributed by atoms with E-state index in [4.69, 9.17) is 4.52 Å². The Bertz CT molecular complexity index is 648. The van der Waals surface area contributed by atoms with Crippen LogP contribution in [0.25, 0.3) is 0 Å². The van der Waals surface area contributed by atoms with Crippen molar-refractivity contribution in [3.8, 4) is 0 Å². The Labute approximate surface area is 129 Å². The smallest absolute Gasteiger partial charge is 0.271 e. The molecule has 1 atom stereocenters. The second kappa shape index (κ2) is 6.31. The molecule has 22 heavy (non-hydrogen) atoms. The second-order valence-corrected chi connectivity index (χ2v) is 5.72. The normalized spacial score (nSPS) is 19.3. The highest BCUT2D eigenvalue weighted by Gasteiger charge is 2.23. The summed E-state index contributed by atoms with van der Waals surface area (Å²) in [6.07, 6.45) is 4.07. The summed E-state index contributed by atoms with van der Waals surface area (Å²) in [5, 5.41) is 11.0. The Morgan fingerprint density at radius 3 is 3.14 bits per heavy atom. The van der Waals surface area contributed by atoms with E-state index in [1.54, 1.807) is 13.1 Å². The molecule has 0 aromatic carbocycles. The number of nitrogens with zero attached hydrogens (tertiary/aromatic N) is 4. The molecule has 1 aliphatic heterocycles. The van der Waals surface area contributed by atoms with Gasteiger partial charge in [-0.2, -0.15) is 5.10 Å². The number of aromatic nitrogens is 3. The maximum atomic E-state index is 11.6. The predicted octanol–water partition coefficient (Wildman–Crippen LogP) is 1.38. The molecule has 0 unspecified atom stereocenters. The number of aryl methyl sites for hydroxylation is 1. The third-order valence-corrected chi connectivity index (χ3v) is 3.99. The molecule has 1 N–H and O–H groups in total. The Morgan fingerprint density at radius 2 is 2.41 bits per heavy atom. The highest BCUT2D eigenvalue weighted by Crippen LogP contribution is 2.22. The van der Waals surface area contributed by atoms with E-state index in [0.717, 1.165) is 43.9 Å². The molecule has 0 aliphatic carbocycles. The number of likely N-dealkylation sites (tertiary alicyclic amines) is 1. The molecule has 7 heteroatoms. The van der Waals surface area contributed by atoms with Gasteiger partial charge in [-0.1, -0.05) is 5.16 Å². The molecular weight excluding hydrogens is 282 g/mol. The third kappa shape index (κ3) is 3.19. The lowest BCUT2D eigenvalue weighted by atomic mass is 10.1. The lowest BCUT2D eigenvalue weighted by molar-refractivity contribution is 0.0955. The molecule has 1 fully saturated rings. The zero-order valence-corrected chi connectivity index (χ0v) is 13.0. The van der Waals surface area contributed by atoms with Crippen LogP contribution in [0.5, 0.6) is 0 Å². The minimum atomic E-state index is -0.149. The SMILES string of the molecule is CNC(=O)c1ccn([C@@H]2CCCN(Cc3cc(C)on3)C2)n1. The van der Waals surface area contributed by atoms with E-state index in [9.17, 15) is 4.79 Å². The minimum Gasteiger partial charge on any atom is -0.361 e. The summed E-state index contributed by atoms with van der Waals surface area (Å²) in [6, 6.07) is 4.03. The van der Waals surface area contributed by atoms with E-state index in [-0.39, 0.29) is 5.91 Å². The molecule has 0 radical (unpaired) electrons. The first kappa shape index (κ1) is 14.8. The largest absolute Gasteiger partial charge is 0.361 e. The Kier molecular flexibility index (Phi) is 4.24. The van der Waals surface area contributed by atoms with Crippen LogP contribution in [0, 0.1) is 6.92 Å². The van der Waals surface area contributed by atoms with Crippen molar-refractivity contribution in [2.75, 3.05) is 20.1 Å². The van der Waals surface area contributed by atoms with Crippen LogP contribution in [-0.2, 0) is 6.54 Å². The molecule has 7 nitrogen and oxygen atoms in total. The van der Waals surface area contributed by atoms with Gasteiger partial charge in [-0.3, -0.25) is 14.4 Å². The summed E-state index contributed by atoms with van der Waals surface area (Å²) in [4.78, 5) is 14.0. The average Bonchev–Trinajstić information content (AvgIpc) is 3.16. The fraction of sp³-hybridized carbons (Fsp3) is 0.533. The first-order valence-electron chi connectivity index (χ1n) is 7.57. The van der Waals surface area contributed by atoms with Crippen LogP contribution in [0.3, 0.4) is 0 Å². The summed E-state index contributed by atoms with van der Waals surface area (Å²) in [5.74, 6) is 0.690. The Balaban J connectivity index is 1.65. The summed E-state index contributed by atoms with van der Waals surface area (Å²) < 4.78 is 7.03. The highest BCUT2D eigenvalue weighted by molar-refractivity contribution is 5.91. The van der Waals surface area contributed by atoms with Crippen molar-refractivity contribution in [2.24, 2.45) is 0 Å². The molecule has 0 spiro atoms. The van der Waals surface area contributed by atoms with Crippen molar-refractivity contribution in [1.82, 2.24) is 25.2 Å². The van der Waals surface area contributed by atoms with Crippen molar-refractivity contribution in [3.63, 3.8) is 0 Å². The molecule has 118 valence electrons. The van der Waals surface area contributed by atoms with Gasteiger partial charge in [-0.05, 0) is 32.4 Å². The maximum absolute atomic E-state index is 11.6. The highest BCUT2D eigenvalue weighted by atomic mass is 16.5. The average molecular weight is 303 g/mol. The zero-order valence-electron chi connectivity index (χ0n) is 13.0. The molecule has 1 saturated heterocycles. The van der Waals surface area contributed by atoms with Gasteiger partial charge in [0, 0.05) is 32.4 Å². The third-order valence-electron chi connectivity index (χ3n) is 3.99. The molecule has 3 heterocycles. The fourth-order valence-electron chi connectivity index (χ4n) is 2.90. The Hall–Kier alpha value is -2.15. The first-order chi connectivity index (χ1) is 10.7. The van der Waals surface area contributed by atoms with E-state index < -0.39 is 0 Å². The van der Waals surface area contributed by atoms with Gasteiger partial charge >= 0.3 is 0 Å². The molecule has 0 bridgehead atoms. The van der Waals surface area contributed by atoms with E-state index in [1.165, 1.54) is 0 Å². The first-order valence-corrected chi connectivity index (χ1v) is 7.57. The molecular formula is C15H21N5O2. The lowest BCUT2D eigenvalue weighted by Gasteiger charge is -2.32. The van der Waals surface area contributed by atoms with E-state index in [0.29, 0.717) is 11.7 Å². The monoisotopic (exact) mass is 303 g/mol. The van der Waals surface area contributed by atoms with Crippen LogP contribution in [0.15, 0.2) is 22.9 Å². The topological polar surface area (TPSA) is 76.2 Å². The van der Waals surface area contributed by atoms with Crippen LogP contribution in [0.2, 0.25) is 0 Å². The minimum absolute atomic E-state index is 0.149. The maximum Gasteiger partial charge on any atom is 0.271 e. The molecule has 2 aromatic heterocycles. The van der Waals surface area contributed by atoms with Crippen molar-refractivity contribution in [2.45, 2.75) is 32.4 Å². The van der Waals surface area contributed by atoms with Crippen molar-refractivity contribution in [1.29, 1.82) is 0 Å². The number of hydrogen-bond donors (Lipinski definition) is 1. The summed E-state index contributed by atoms with van der Waals surface area (Å²) in [6.45, 7) is 4.64. The second-order valence-electron chi connectivity index (χ2n) is 5.72. The van der Waals surface area contributed by atoms with Crippen molar-refractivity contribution in [3.05, 3.63) is 35.5 Å². The summed E-state index contributed by atoms with van der Waals surface area (Å²) in [7, 11) is 1.61. The molecule has 1 amide bonds. The number of rotatable bonds is 4. The van der Waals surface area contributed by atoms with E-state index in [2.05, 4.69) is 20.5 Å². The fourth-order valence-corrected chi connectivity index (χ4v) is 2.90. The van der Waals surface area contributed by atoms with E-state index in [1.807, 2.05) is 23.9 Å². The number of nitrogens with one attached hydrogen (secondary N) is 1. The Morgan fingerprint density at radius 1 is 1.55 bits per heavy atom. The number of amides is 1. The number of hydrogen-bond acceptors (Lipinski definition) is 5. The predicted molar refractivity (Wildman–Crippen MR) is 80.4 cm³/mol. The van der Waals surface area contributed by atoms with Gasteiger partial charge in [0.1, 0.15) is 11.5 Å². The summed E-state index contributed by atoms with van der Waals surface area (Å²) >= 11 is 0. The zero-order chi connectivity index (χ0) is 15.5. The standard InChI is InChI=1S/C15H21N5O2/c1-11-8-12(18-22-11)9-19-6-3-4-13(10-19)20-7-5-14(17-20)15(21)16-2/h5,7-8,13H,3-4,6,9-10H2,1-2H3,(H,16,21)/t13-/m1/s1. The molecule has 3 rings (SSSR count). The molecule has 1 aliphatic rings. The quantitative estimate of drug-likeness (QED) is 0.923. The summed E-state index contributed by atoms with van der Waals surface area (Å²) in [5.41, 5.74) is 1.43. The number of carbonyl (C=O) groups excluding carboxylic acids is 1. The van der Waals surface area contributed by atoms with Crippen molar-refractivity contribution < 1.29 is 9.32 Å². The van der Waals surface area contributed by atoms with Crippen LogP contribution in [0.1, 0.15) is 40.8 Å². The molecule has 0 saturated carbocycles. The van der Waals surface area contributed by atoms with Gasteiger partial charge in [-0.25, -0.2) is 0 Å². The van der Waals surface area contributed by atoms with Gasteiger partial charge < -0.3 is 9.84 Å². The van der Waals surface area contributed by atoms with E-state index >= 15 is 0 Å². The lowest BCUT2D eigenvalue weighted by Crippen LogP contribution is -2.36. The van der Waals surface area contributed by atoms with Gasteiger partial charge in [0.2, 0.25) is 0 Å².